The van der Waals surface area contributed by atoms with Crippen molar-refractivity contribution >= 4 is 5.91 Å². The Balaban J connectivity index is 1.77. The fraction of sp³-hybridized carbons (Fsp3) is 0.421. The van der Waals surface area contributed by atoms with E-state index in [1.54, 1.807) is 13.8 Å². The first kappa shape index (κ1) is 16.4. The standard InChI is InChI=1S/C19H23N3O2/c1-12-16(19(24)21-13(2)20-12)11-18(23)22-17-10-6-4-8-14-7-3-5-9-15(14)17/h3,5,7,9,17H,4,6,8,10-11H2,1-2H3,(H,22,23)(H,20,21,24)/t17-/m0/s1. The summed E-state index contributed by atoms with van der Waals surface area (Å²) in [7, 11) is 0. The third kappa shape index (κ3) is 3.55. The minimum Gasteiger partial charge on any atom is -0.349 e. The quantitative estimate of drug-likeness (QED) is 0.852. The summed E-state index contributed by atoms with van der Waals surface area (Å²) >= 11 is 0. The first-order chi connectivity index (χ1) is 11.5. The van der Waals surface area contributed by atoms with Crippen LogP contribution in [0.4, 0.5) is 0 Å². The van der Waals surface area contributed by atoms with Gasteiger partial charge in [0.15, 0.2) is 0 Å². The Morgan fingerprint density at radius 3 is 2.88 bits per heavy atom. The van der Waals surface area contributed by atoms with Crippen LogP contribution in [0.1, 0.15) is 53.5 Å². The van der Waals surface area contributed by atoms with Crippen molar-refractivity contribution in [3.05, 3.63) is 62.8 Å². The maximum Gasteiger partial charge on any atom is 0.254 e. The minimum atomic E-state index is -0.226. The highest BCUT2D eigenvalue weighted by molar-refractivity contribution is 5.79. The molecule has 0 saturated heterocycles. The molecule has 0 unspecified atom stereocenters. The number of nitrogens with one attached hydrogen (secondary N) is 2. The van der Waals surface area contributed by atoms with Gasteiger partial charge in [-0.3, -0.25) is 9.59 Å². The predicted molar refractivity (Wildman–Crippen MR) is 92.9 cm³/mol. The zero-order valence-electron chi connectivity index (χ0n) is 14.2. The summed E-state index contributed by atoms with van der Waals surface area (Å²) in [6, 6.07) is 8.32. The van der Waals surface area contributed by atoms with Crippen LogP contribution in [0, 0.1) is 13.8 Å². The predicted octanol–water partition coefficient (Wildman–Crippen LogP) is 2.51. The van der Waals surface area contributed by atoms with Gasteiger partial charge >= 0.3 is 0 Å². The van der Waals surface area contributed by atoms with Crippen molar-refractivity contribution in [1.29, 1.82) is 0 Å². The fourth-order valence-electron chi connectivity index (χ4n) is 3.44. The SMILES string of the molecule is Cc1nc(C)c(CC(=O)N[C@H]2CCCCc3ccccc32)c(=O)[nH]1. The van der Waals surface area contributed by atoms with Gasteiger partial charge in [0, 0.05) is 11.3 Å². The number of H-pyrrole nitrogens is 1. The van der Waals surface area contributed by atoms with E-state index in [1.165, 1.54) is 11.1 Å². The molecule has 24 heavy (non-hydrogen) atoms. The Morgan fingerprint density at radius 2 is 2.08 bits per heavy atom. The number of amides is 1. The molecule has 1 atom stereocenters. The van der Waals surface area contributed by atoms with E-state index in [1.807, 2.05) is 12.1 Å². The van der Waals surface area contributed by atoms with Gasteiger partial charge in [-0.1, -0.05) is 30.7 Å². The molecule has 5 nitrogen and oxygen atoms in total. The summed E-state index contributed by atoms with van der Waals surface area (Å²) in [5.74, 6) is 0.440. The Labute approximate surface area is 141 Å². The average molecular weight is 325 g/mol. The van der Waals surface area contributed by atoms with Gasteiger partial charge in [0.25, 0.3) is 5.56 Å². The van der Waals surface area contributed by atoms with E-state index in [-0.39, 0.29) is 23.9 Å². The van der Waals surface area contributed by atoms with Crippen molar-refractivity contribution in [1.82, 2.24) is 15.3 Å². The Bertz CT molecular complexity index is 810. The topological polar surface area (TPSA) is 74.8 Å². The molecule has 0 spiro atoms. The summed E-state index contributed by atoms with van der Waals surface area (Å²) < 4.78 is 0. The van der Waals surface area contributed by atoms with E-state index in [9.17, 15) is 9.59 Å². The number of fused-ring (bicyclic) bond motifs is 1. The summed E-state index contributed by atoms with van der Waals surface area (Å²) in [6.45, 7) is 3.51. The zero-order chi connectivity index (χ0) is 17.1. The van der Waals surface area contributed by atoms with E-state index in [0.717, 1.165) is 25.7 Å². The van der Waals surface area contributed by atoms with E-state index < -0.39 is 0 Å². The maximum absolute atomic E-state index is 12.5. The summed E-state index contributed by atoms with van der Waals surface area (Å²) in [4.78, 5) is 31.5. The molecule has 1 amide bonds. The van der Waals surface area contributed by atoms with Crippen molar-refractivity contribution < 1.29 is 4.79 Å². The monoisotopic (exact) mass is 325 g/mol. The molecule has 2 aromatic rings. The number of benzene rings is 1. The van der Waals surface area contributed by atoms with Gasteiger partial charge in [-0.05, 0) is 44.2 Å². The number of aromatic nitrogens is 2. The normalized spacial score (nSPS) is 17.0. The van der Waals surface area contributed by atoms with Crippen LogP contribution >= 0.6 is 0 Å². The lowest BCUT2D eigenvalue weighted by molar-refractivity contribution is -0.121. The van der Waals surface area contributed by atoms with Crippen LogP contribution in [0.2, 0.25) is 0 Å². The van der Waals surface area contributed by atoms with Crippen LogP contribution in [0.15, 0.2) is 29.1 Å². The molecule has 1 aromatic heterocycles. The van der Waals surface area contributed by atoms with Gasteiger partial charge < -0.3 is 10.3 Å². The van der Waals surface area contributed by atoms with Gasteiger partial charge in [-0.25, -0.2) is 4.98 Å². The molecule has 3 rings (SSSR count). The third-order valence-electron chi connectivity index (χ3n) is 4.63. The summed E-state index contributed by atoms with van der Waals surface area (Å²) in [5.41, 5.74) is 3.35. The first-order valence-corrected chi connectivity index (χ1v) is 8.48. The van der Waals surface area contributed by atoms with Gasteiger partial charge in [-0.2, -0.15) is 0 Å². The molecule has 126 valence electrons. The lowest BCUT2D eigenvalue weighted by atomic mass is 9.99. The molecule has 1 aliphatic carbocycles. The van der Waals surface area contributed by atoms with Gasteiger partial charge in [-0.15, -0.1) is 0 Å². The van der Waals surface area contributed by atoms with Gasteiger partial charge in [0.2, 0.25) is 5.91 Å². The van der Waals surface area contributed by atoms with Crippen molar-refractivity contribution in [3.63, 3.8) is 0 Å². The summed E-state index contributed by atoms with van der Waals surface area (Å²) in [5, 5.41) is 3.11. The lowest BCUT2D eigenvalue weighted by Gasteiger charge is -2.19. The highest BCUT2D eigenvalue weighted by Crippen LogP contribution is 2.28. The molecule has 5 heteroatoms. The molecule has 2 N–H and O–H groups in total. The molecule has 1 heterocycles. The number of hydrogen-bond donors (Lipinski definition) is 2. The first-order valence-electron chi connectivity index (χ1n) is 8.48. The van der Waals surface area contributed by atoms with Crippen LogP contribution in [-0.4, -0.2) is 15.9 Å². The highest BCUT2D eigenvalue weighted by Gasteiger charge is 2.21. The van der Waals surface area contributed by atoms with E-state index in [0.29, 0.717) is 17.1 Å². The lowest BCUT2D eigenvalue weighted by Crippen LogP contribution is -2.32. The number of rotatable bonds is 3. The van der Waals surface area contributed by atoms with Crippen LogP contribution < -0.4 is 10.9 Å². The molecule has 0 radical (unpaired) electrons. The summed E-state index contributed by atoms with van der Waals surface area (Å²) in [6.07, 6.45) is 4.29. The average Bonchev–Trinajstić information content (AvgIpc) is 2.73. The number of aryl methyl sites for hydroxylation is 3. The molecule has 0 fully saturated rings. The van der Waals surface area contributed by atoms with E-state index in [4.69, 9.17) is 0 Å². The second kappa shape index (κ2) is 6.99. The van der Waals surface area contributed by atoms with Crippen LogP contribution in [-0.2, 0) is 17.6 Å². The smallest absolute Gasteiger partial charge is 0.254 e. The van der Waals surface area contributed by atoms with Crippen LogP contribution in [0.5, 0.6) is 0 Å². The number of hydrogen-bond acceptors (Lipinski definition) is 3. The van der Waals surface area contributed by atoms with Crippen molar-refractivity contribution in [3.8, 4) is 0 Å². The minimum absolute atomic E-state index is 0.0222. The van der Waals surface area contributed by atoms with Crippen LogP contribution in [0.3, 0.4) is 0 Å². The van der Waals surface area contributed by atoms with E-state index >= 15 is 0 Å². The van der Waals surface area contributed by atoms with Crippen molar-refractivity contribution in [2.24, 2.45) is 0 Å². The molecular formula is C19H23N3O2. The third-order valence-corrected chi connectivity index (χ3v) is 4.63. The highest BCUT2D eigenvalue weighted by atomic mass is 16.2. The maximum atomic E-state index is 12.5. The van der Waals surface area contributed by atoms with Crippen LogP contribution in [0.25, 0.3) is 0 Å². The Kier molecular flexibility index (Phi) is 4.79. The van der Waals surface area contributed by atoms with Crippen molar-refractivity contribution in [2.45, 2.75) is 52.0 Å². The number of carbonyl (C=O) groups excluding carboxylic acids is 1. The van der Waals surface area contributed by atoms with E-state index in [2.05, 4.69) is 27.4 Å². The number of aromatic amines is 1. The zero-order valence-corrected chi connectivity index (χ0v) is 14.2. The van der Waals surface area contributed by atoms with Gasteiger partial charge in [0.1, 0.15) is 5.82 Å². The van der Waals surface area contributed by atoms with Gasteiger partial charge in [0.05, 0.1) is 12.5 Å². The second-order valence-electron chi connectivity index (χ2n) is 6.46. The molecule has 1 aliphatic rings. The molecule has 1 aromatic carbocycles. The molecule has 0 aliphatic heterocycles. The largest absolute Gasteiger partial charge is 0.349 e. The second-order valence-corrected chi connectivity index (χ2v) is 6.46. The van der Waals surface area contributed by atoms with Crippen molar-refractivity contribution in [2.75, 3.05) is 0 Å². The number of nitrogens with zero attached hydrogens (tertiary/aromatic N) is 1. The molecule has 0 saturated carbocycles. The number of carbonyl (C=O) groups is 1. The fourth-order valence-corrected chi connectivity index (χ4v) is 3.44. The Hall–Kier alpha value is -2.43. The molecular weight excluding hydrogens is 302 g/mol. The Morgan fingerprint density at radius 1 is 1.29 bits per heavy atom. The molecule has 0 bridgehead atoms.